The summed E-state index contributed by atoms with van der Waals surface area (Å²) in [7, 11) is 0. The molecule has 0 aliphatic rings. The fourth-order valence-electron chi connectivity index (χ4n) is 1.98. The van der Waals surface area contributed by atoms with Crippen molar-refractivity contribution in [1.82, 2.24) is 4.98 Å². The molecule has 102 valence electrons. The van der Waals surface area contributed by atoms with Gasteiger partial charge in [-0.05, 0) is 31.0 Å². The summed E-state index contributed by atoms with van der Waals surface area (Å²) in [6, 6.07) is 4.59. The van der Waals surface area contributed by atoms with Crippen molar-refractivity contribution in [1.29, 1.82) is 0 Å². The topological polar surface area (TPSA) is 32.9 Å². The maximum Gasteiger partial charge on any atom is 0.416 e. The van der Waals surface area contributed by atoms with E-state index in [1.807, 2.05) is 6.92 Å². The van der Waals surface area contributed by atoms with E-state index in [0.29, 0.717) is 5.52 Å². The average Bonchev–Trinajstić information content (AvgIpc) is 2.35. The first-order chi connectivity index (χ1) is 8.91. The third-order valence-corrected chi connectivity index (χ3v) is 3.01. The number of hydrogen-bond acceptors (Lipinski definition) is 1. The zero-order chi connectivity index (χ0) is 14.0. The average molecular weight is 269 g/mol. The summed E-state index contributed by atoms with van der Waals surface area (Å²) in [5.41, 5.74) is 0.0449. The summed E-state index contributed by atoms with van der Waals surface area (Å²) in [5, 5.41) is 0.0788. The summed E-state index contributed by atoms with van der Waals surface area (Å²) < 4.78 is 37.7. The molecule has 1 N–H and O–H groups in total. The van der Waals surface area contributed by atoms with Gasteiger partial charge in [0, 0.05) is 22.7 Å². The Balaban J connectivity index is 2.51. The highest BCUT2D eigenvalue weighted by molar-refractivity contribution is 5.79. The van der Waals surface area contributed by atoms with Crippen LogP contribution < -0.4 is 5.43 Å². The molecule has 0 atom stereocenters. The van der Waals surface area contributed by atoms with Crippen molar-refractivity contribution in [3.05, 3.63) is 45.7 Å². The number of pyridine rings is 1. The van der Waals surface area contributed by atoms with E-state index in [4.69, 9.17) is 0 Å². The normalized spacial score (nSPS) is 12.0. The number of aromatic amines is 1. The second-order valence-corrected chi connectivity index (χ2v) is 4.52. The minimum absolute atomic E-state index is 0.0788. The van der Waals surface area contributed by atoms with Crippen molar-refractivity contribution in [2.75, 3.05) is 0 Å². The largest absolute Gasteiger partial charge is 0.416 e. The molecule has 0 fully saturated rings. The van der Waals surface area contributed by atoms with Crippen molar-refractivity contribution < 1.29 is 13.2 Å². The van der Waals surface area contributed by atoms with Gasteiger partial charge in [0.2, 0.25) is 0 Å². The summed E-state index contributed by atoms with van der Waals surface area (Å²) in [6.45, 7) is 2.04. The van der Waals surface area contributed by atoms with Crippen LogP contribution in [-0.2, 0) is 12.6 Å². The Kier molecular flexibility index (Phi) is 3.64. The molecule has 1 heterocycles. The Morgan fingerprint density at radius 2 is 1.95 bits per heavy atom. The van der Waals surface area contributed by atoms with E-state index in [0.717, 1.165) is 37.1 Å². The van der Waals surface area contributed by atoms with Gasteiger partial charge in [-0.2, -0.15) is 13.2 Å². The molecule has 0 unspecified atom stereocenters. The number of H-pyrrole nitrogens is 1. The molecule has 2 aromatic rings. The van der Waals surface area contributed by atoms with Gasteiger partial charge in [-0.1, -0.05) is 13.3 Å². The lowest BCUT2D eigenvalue weighted by Gasteiger charge is -2.08. The van der Waals surface area contributed by atoms with Crippen LogP contribution in [0.1, 0.15) is 31.0 Å². The van der Waals surface area contributed by atoms with Crippen LogP contribution in [0.25, 0.3) is 10.9 Å². The molecule has 0 spiro atoms. The van der Waals surface area contributed by atoms with E-state index in [9.17, 15) is 18.0 Å². The highest BCUT2D eigenvalue weighted by atomic mass is 19.4. The van der Waals surface area contributed by atoms with Gasteiger partial charge in [0.25, 0.3) is 0 Å². The quantitative estimate of drug-likeness (QED) is 0.900. The summed E-state index contributed by atoms with van der Waals surface area (Å²) in [6.07, 6.45) is -1.78. The number of aryl methyl sites for hydroxylation is 1. The Morgan fingerprint density at radius 3 is 2.58 bits per heavy atom. The molecule has 2 nitrogen and oxygen atoms in total. The third kappa shape index (κ3) is 2.97. The lowest BCUT2D eigenvalue weighted by Crippen LogP contribution is -2.09. The Labute approximate surface area is 108 Å². The van der Waals surface area contributed by atoms with Crippen LogP contribution in [0.5, 0.6) is 0 Å². The zero-order valence-electron chi connectivity index (χ0n) is 10.5. The molecule has 1 aromatic carbocycles. The van der Waals surface area contributed by atoms with E-state index in [-0.39, 0.29) is 10.8 Å². The lowest BCUT2D eigenvalue weighted by molar-refractivity contribution is -0.137. The van der Waals surface area contributed by atoms with Gasteiger partial charge in [0.15, 0.2) is 5.43 Å². The first-order valence-electron chi connectivity index (χ1n) is 6.15. The predicted molar refractivity (Wildman–Crippen MR) is 68.2 cm³/mol. The minimum atomic E-state index is -4.43. The van der Waals surface area contributed by atoms with E-state index < -0.39 is 11.7 Å². The molecule has 5 heteroatoms. The van der Waals surface area contributed by atoms with Crippen LogP contribution in [0.15, 0.2) is 29.1 Å². The van der Waals surface area contributed by atoms with E-state index in [1.165, 1.54) is 12.1 Å². The number of benzene rings is 1. The Hall–Kier alpha value is -1.78. The van der Waals surface area contributed by atoms with Gasteiger partial charge in [0.05, 0.1) is 5.56 Å². The van der Waals surface area contributed by atoms with Crippen molar-refractivity contribution >= 4 is 10.9 Å². The molecule has 0 aliphatic carbocycles. The van der Waals surface area contributed by atoms with Crippen LogP contribution in [0.3, 0.4) is 0 Å². The van der Waals surface area contributed by atoms with Crippen LogP contribution >= 0.6 is 0 Å². The van der Waals surface area contributed by atoms with E-state index in [1.54, 1.807) is 0 Å². The SMILES string of the molecule is CCCCc1cc(=O)c2cc(C(F)(F)F)ccc2[nH]1. The number of alkyl halides is 3. The van der Waals surface area contributed by atoms with Gasteiger partial charge in [-0.3, -0.25) is 4.79 Å². The molecule has 0 aliphatic heterocycles. The van der Waals surface area contributed by atoms with Crippen LogP contribution in [0, 0.1) is 0 Å². The van der Waals surface area contributed by atoms with Gasteiger partial charge in [0.1, 0.15) is 0 Å². The maximum atomic E-state index is 12.6. The van der Waals surface area contributed by atoms with Gasteiger partial charge >= 0.3 is 6.18 Å². The van der Waals surface area contributed by atoms with Crippen molar-refractivity contribution in [2.24, 2.45) is 0 Å². The standard InChI is InChI=1S/C14H14F3NO/c1-2-3-4-10-8-13(19)11-7-9(14(15,16)17)5-6-12(11)18-10/h5-8H,2-4H2,1H3,(H,18,19). The van der Waals surface area contributed by atoms with Crippen LogP contribution in [0.2, 0.25) is 0 Å². The van der Waals surface area contributed by atoms with Crippen LogP contribution in [0.4, 0.5) is 13.2 Å². The number of aromatic nitrogens is 1. The van der Waals surface area contributed by atoms with E-state index >= 15 is 0 Å². The monoisotopic (exact) mass is 269 g/mol. The molecular weight excluding hydrogens is 255 g/mol. The Morgan fingerprint density at radius 1 is 1.21 bits per heavy atom. The second kappa shape index (κ2) is 5.07. The fourth-order valence-corrected chi connectivity index (χ4v) is 1.98. The number of hydrogen-bond donors (Lipinski definition) is 1. The number of halogens is 3. The van der Waals surface area contributed by atoms with Crippen molar-refractivity contribution in [2.45, 2.75) is 32.4 Å². The molecular formula is C14H14F3NO. The fraction of sp³-hybridized carbons (Fsp3) is 0.357. The molecule has 0 bridgehead atoms. The third-order valence-electron chi connectivity index (χ3n) is 3.01. The molecule has 19 heavy (non-hydrogen) atoms. The molecule has 0 saturated heterocycles. The van der Waals surface area contributed by atoms with Crippen LogP contribution in [-0.4, -0.2) is 4.98 Å². The highest BCUT2D eigenvalue weighted by Gasteiger charge is 2.30. The summed E-state index contributed by atoms with van der Waals surface area (Å²) in [5.74, 6) is 0. The van der Waals surface area contributed by atoms with E-state index in [2.05, 4.69) is 4.98 Å². The number of rotatable bonds is 3. The smallest absolute Gasteiger partial charge is 0.358 e. The van der Waals surface area contributed by atoms with Gasteiger partial charge in [-0.25, -0.2) is 0 Å². The van der Waals surface area contributed by atoms with Gasteiger partial charge in [-0.15, -0.1) is 0 Å². The summed E-state index contributed by atoms with van der Waals surface area (Å²) >= 11 is 0. The minimum Gasteiger partial charge on any atom is -0.358 e. The second-order valence-electron chi connectivity index (χ2n) is 4.52. The molecule has 0 amide bonds. The zero-order valence-corrected chi connectivity index (χ0v) is 10.5. The summed E-state index contributed by atoms with van der Waals surface area (Å²) in [4.78, 5) is 14.9. The highest BCUT2D eigenvalue weighted by Crippen LogP contribution is 2.30. The molecule has 0 saturated carbocycles. The number of fused-ring (bicyclic) bond motifs is 1. The van der Waals surface area contributed by atoms with Crippen molar-refractivity contribution in [3.8, 4) is 0 Å². The first-order valence-corrected chi connectivity index (χ1v) is 6.15. The predicted octanol–water partition coefficient (Wildman–Crippen LogP) is 3.89. The van der Waals surface area contributed by atoms with Crippen molar-refractivity contribution in [3.63, 3.8) is 0 Å². The lowest BCUT2D eigenvalue weighted by atomic mass is 10.1. The number of nitrogens with one attached hydrogen (secondary N) is 1. The maximum absolute atomic E-state index is 12.6. The molecule has 1 aromatic heterocycles. The number of unbranched alkanes of at least 4 members (excludes halogenated alkanes) is 1. The Bertz CT molecular complexity index is 643. The molecule has 0 radical (unpaired) electrons. The first kappa shape index (κ1) is 13.6. The van der Waals surface area contributed by atoms with Gasteiger partial charge < -0.3 is 4.98 Å². The molecule has 2 rings (SSSR count).